The number of hydrogen-bond acceptors (Lipinski definition) is 3. The molecule has 2 N–H and O–H groups in total. The highest BCUT2D eigenvalue weighted by molar-refractivity contribution is 5.95. The van der Waals surface area contributed by atoms with E-state index in [1.54, 1.807) is 7.11 Å². The Kier molecular flexibility index (Phi) is 7.25. The van der Waals surface area contributed by atoms with Crippen LogP contribution in [0.25, 0.3) is 0 Å². The van der Waals surface area contributed by atoms with E-state index < -0.39 is 0 Å². The molecule has 0 bridgehead atoms. The van der Waals surface area contributed by atoms with Crippen LogP contribution in [0.2, 0.25) is 0 Å². The maximum atomic E-state index is 12.7. The van der Waals surface area contributed by atoms with E-state index in [1.807, 2.05) is 71.1 Å². The molecule has 0 spiro atoms. The molecular formula is C22H31N2O3+. The van der Waals surface area contributed by atoms with Gasteiger partial charge in [-0.15, -0.1) is 0 Å². The third kappa shape index (κ3) is 5.23. The molecule has 2 aromatic carbocycles. The second-order valence-electron chi connectivity index (χ2n) is 6.92. The lowest BCUT2D eigenvalue weighted by Crippen LogP contribution is -3.12. The fraction of sp³-hybridized carbons (Fsp3) is 0.409. The highest BCUT2D eigenvalue weighted by atomic mass is 16.5. The minimum atomic E-state index is -0.193. The monoisotopic (exact) mass is 371 g/mol. The van der Waals surface area contributed by atoms with Gasteiger partial charge < -0.3 is 19.7 Å². The second kappa shape index (κ2) is 9.42. The number of likely N-dealkylation sites (N-methyl/N-ethyl adjacent to an activating group) is 1. The van der Waals surface area contributed by atoms with E-state index >= 15 is 0 Å². The lowest BCUT2D eigenvalue weighted by molar-refractivity contribution is -0.907. The maximum Gasteiger partial charge on any atom is 0.282 e. The molecule has 0 saturated heterocycles. The number of carbonyl (C=O) groups is 1. The van der Waals surface area contributed by atoms with Gasteiger partial charge in [0.1, 0.15) is 6.54 Å². The average Bonchev–Trinajstić information content (AvgIpc) is 2.65. The van der Waals surface area contributed by atoms with Gasteiger partial charge in [-0.2, -0.15) is 0 Å². The molecule has 2 aromatic rings. The van der Waals surface area contributed by atoms with Crippen molar-refractivity contribution in [1.29, 1.82) is 0 Å². The number of rotatable bonds is 8. The SMILES string of the molecule is CCOc1ccc(C[NH+](C)[C@@H](C)C(=O)Nc2c(C)cccc2C)cc1OC. The summed E-state index contributed by atoms with van der Waals surface area (Å²) in [4.78, 5) is 13.8. The van der Waals surface area contributed by atoms with Crippen molar-refractivity contribution in [1.82, 2.24) is 0 Å². The second-order valence-corrected chi connectivity index (χ2v) is 6.92. The molecule has 2 rings (SSSR count). The molecule has 0 heterocycles. The predicted molar refractivity (Wildman–Crippen MR) is 109 cm³/mol. The molecule has 5 nitrogen and oxygen atoms in total. The minimum absolute atomic E-state index is 0.0165. The van der Waals surface area contributed by atoms with Gasteiger partial charge in [-0.25, -0.2) is 0 Å². The molecule has 0 aliphatic heterocycles. The summed E-state index contributed by atoms with van der Waals surface area (Å²) in [5.41, 5.74) is 4.15. The fourth-order valence-corrected chi connectivity index (χ4v) is 3.04. The number of nitrogens with one attached hydrogen (secondary N) is 2. The molecule has 146 valence electrons. The van der Waals surface area contributed by atoms with Crippen LogP contribution >= 0.6 is 0 Å². The largest absolute Gasteiger partial charge is 0.493 e. The van der Waals surface area contributed by atoms with E-state index in [-0.39, 0.29) is 11.9 Å². The van der Waals surface area contributed by atoms with Gasteiger partial charge in [0.25, 0.3) is 5.91 Å². The predicted octanol–water partition coefficient (Wildman–Crippen LogP) is 2.75. The van der Waals surface area contributed by atoms with Crippen molar-refractivity contribution >= 4 is 11.6 Å². The van der Waals surface area contributed by atoms with Crippen LogP contribution < -0.4 is 19.7 Å². The number of methoxy groups -OCH3 is 1. The number of carbonyl (C=O) groups excluding carboxylic acids is 1. The molecule has 5 heteroatoms. The van der Waals surface area contributed by atoms with E-state index in [0.717, 1.165) is 38.8 Å². The topological polar surface area (TPSA) is 52.0 Å². The zero-order valence-corrected chi connectivity index (χ0v) is 17.2. The first-order valence-corrected chi connectivity index (χ1v) is 9.36. The molecule has 2 atom stereocenters. The zero-order valence-electron chi connectivity index (χ0n) is 17.2. The number of para-hydroxylation sites is 1. The third-order valence-electron chi connectivity index (χ3n) is 4.87. The van der Waals surface area contributed by atoms with Crippen molar-refractivity contribution in [3.8, 4) is 11.5 Å². The van der Waals surface area contributed by atoms with Gasteiger partial charge in [-0.05, 0) is 57.0 Å². The molecule has 0 aliphatic rings. The molecule has 0 saturated carbocycles. The zero-order chi connectivity index (χ0) is 20.0. The Morgan fingerprint density at radius 1 is 1.15 bits per heavy atom. The van der Waals surface area contributed by atoms with E-state index in [0.29, 0.717) is 13.2 Å². The number of hydrogen-bond donors (Lipinski definition) is 2. The molecule has 0 fully saturated rings. The quantitative estimate of drug-likeness (QED) is 0.750. The van der Waals surface area contributed by atoms with Gasteiger partial charge in [0.15, 0.2) is 17.5 Å². The van der Waals surface area contributed by atoms with Crippen molar-refractivity contribution < 1.29 is 19.2 Å². The van der Waals surface area contributed by atoms with Crippen molar-refractivity contribution in [2.45, 2.75) is 40.3 Å². The standard InChI is InChI=1S/C22H30N2O3/c1-7-27-19-12-11-18(13-20(19)26-6)14-24(5)17(4)22(25)23-21-15(2)9-8-10-16(21)3/h8-13,17H,7,14H2,1-6H3,(H,23,25)/p+1/t17-/m0/s1. The first-order valence-electron chi connectivity index (χ1n) is 9.36. The van der Waals surface area contributed by atoms with E-state index in [9.17, 15) is 4.79 Å². The summed E-state index contributed by atoms with van der Waals surface area (Å²) in [6.07, 6.45) is 0. The van der Waals surface area contributed by atoms with Crippen LogP contribution in [-0.2, 0) is 11.3 Å². The Balaban J connectivity index is 2.06. The molecule has 0 aliphatic carbocycles. The van der Waals surface area contributed by atoms with E-state index in [2.05, 4.69) is 5.32 Å². The Morgan fingerprint density at radius 3 is 2.41 bits per heavy atom. The van der Waals surface area contributed by atoms with E-state index in [1.165, 1.54) is 0 Å². The van der Waals surface area contributed by atoms with Gasteiger partial charge in [-0.3, -0.25) is 4.79 Å². The van der Waals surface area contributed by atoms with Crippen molar-refractivity contribution in [2.24, 2.45) is 0 Å². The van der Waals surface area contributed by atoms with Gasteiger partial charge in [-0.1, -0.05) is 18.2 Å². The molecule has 1 amide bonds. The number of benzene rings is 2. The molecule has 0 aromatic heterocycles. The summed E-state index contributed by atoms with van der Waals surface area (Å²) in [6.45, 7) is 9.22. The number of amides is 1. The van der Waals surface area contributed by atoms with Crippen LogP contribution in [0.15, 0.2) is 36.4 Å². The van der Waals surface area contributed by atoms with Gasteiger partial charge in [0, 0.05) is 11.3 Å². The Bertz CT molecular complexity index is 769. The summed E-state index contributed by atoms with van der Waals surface area (Å²) < 4.78 is 11.0. The van der Waals surface area contributed by atoms with Crippen LogP contribution in [0.1, 0.15) is 30.5 Å². The van der Waals surface area contributed by atoms with Crippen LogP contribution in [-0.4, -0.2) is 32.7 Å². The number of quaternary nitrogens is 1. The van der Waals surface area contributed by atoms with Crippen molar-refractivity contribution in [3.05, 3.63) is 53.1 Å². The maximum absolute atomic E-state index is 12.7. The summed E-state index contributed by atoms with van der Waals surface area (Å²) in [7, 11) is 3.66. The van der Waals surface area contributed by atoms with Crippen LogP contribution in [0.3, 0.4) is 0 Å². The lowest BCUT2D eigenvalue weighted by Gasteiger charge is -2.22. The summed E-state index contributed by atoms with van der Waals surface area (Å²) in [6, 6.07) is 11.7. The summed E-state index contributed by atoms with van der Waals surface area (Å²) in [5.74, 6) is 1.47. The summed E-state index contributed by atoms with van der Waals surface area (Å²) >= 11 is 0. The Labute approximate surface area is 162 Å². The third-order valence-corrected chi connectivity index (χ3v) is 4.87. The molecule has 27 heavy (non-hydrogen) atoms. The Hall–Kier alpha value is -2.53. The lowest BCUT2D eigenvalue weighted by atomic mass is 10.1. The van der Waals surface area contributed by atoms with Crippen molar-refractivity contribution in [3.63, 3.8) is 0 Å². The summed E-state index contributed by atoms with van der Waals surface area (Å²) in [5, 5.41) is 3.09. The van der Waals surface area contributed by atoms with Gasteiger partial charge in [0.05, 0.1) is 20.8 Å². The minimum Gasteiger partial charge on any atom is -0.493 e. The smallest absolute Gasteiger partial charge is 0.282 e. The highest BCUT2D eigenvalue weighted by Gasteiger charge is 2.23. The average molecular weight is 372 g/mol. The van der Waals surface area contributed by atoms with Crippen LogP contribution in [0.4, 0.5) is 5.69 Å². The normalized spacial score (nSPS) is 13.0. The van der Waals surface area contributed by atoms with Gasteiger partial charge >= 0.3 is 0 Å². The number of aryl methyl sites for hydroxylation is 2. The van der Waals surface area contributed by atoms with Crippen molar-refractivity contribution in [2.75, 3.05) is 26.1 Å². The Morgan fingerprint density at radius 2 is 1.81 bits per heavy atom. The fourth-order valence-electron chi connectivity index (χ4n) is 3.04. The molecular weight excluding hydrogens is 340 g/mol. The highest BCUT2D eigenvalue weighted by Crippen LogP contribution is 2.27. The number of ether oxygens (including phenoxy) is 2. The molecule has 0 radical (unpaired) electrons. The first-order chi connectivity index (χ1) is 12.9. The van der Waals surface area contributed by atoms with Gasteiger partial charge in [0.2, 0.25) is 0 Å². The van der Waals surface area contributed by atoms with E-state index in [4.69, 9.17) is 9.47 Å². The van der Waals surface area contributed by atoms with Crippen LogP contribution in [0.5, 0.6) is 11.5 Å². The number of anilines is 1. The molecule has 1 unspecified atom stereocenters. The van der Waals surface area contributed by atoms with Crippen LogP contribution in [0, 0.1) is 13.8 Å². The first kappa shape index (κ1) is 20.8.